The number of hydrogen-bond acceptors (Lipinski definition) is 9. The molecule has 0 radical (unpaired) electrons. The van der Waals surface area contributed by atoms with E-state index in [2.05, 4.69) is 49.6 Å². The van der Waals surface area contributed by atoms with Crippen LogP contribution in [-0.4, -0.2) is 0 Å². The fourth-order valence-corrected chi connectivity index (χ4v) is 12.6. The van der Waals surface area contributed by atoms with Crippen LogP contribution in [0.25, 0.3) is 0 Å². The summed E-state index contributed by atoms with van der Waals surface area (Å²) in [6.45, 7) is 8.66. The standard InChI is InChI=1S/2C20H27O2PS2.Mo.S/c2*1-3-5-11-17-13-7-9-15-19(17)22-23(21,24)25-20-16-10-8-14-18(20)12-6-4-2;;/h2*7-10,13-16H,3-6,11-12H2,1-2H3,(H,21,24);;/q;;+2;/p-2. The molecule has 4 aromatic carbocycles. The van der Waals surface area contributed by atoms with Gasteiger partial charge in [0.2, 0.25) is 0 Å². The van der Waals surface area contributed by atoms with Crippen molar-refractivity contribution in [3.8, 4) is 11.5 Å². The van der Waals surface area contributed by atoms with E-state index >= 15 is 0 Å². The van der Waals surface area contributed by atoms with Crippen LogP contribution in [0, 0.1) is 0 Å². The second kappa shape index (κ2) is 27.0. The number of para-hydroxylation sites is 2. The molecule has 0 aliphatic heterocycles. The van der Waals surface area contributed by atoms with E-state index < -0.39 is 11.4 Å². The Morgan fingerprint density at radius 2 is 0.750 bits per heavy atom. The third kappa shape index (κ3) is 18.3. The number of unbranched alkanes of at least 4 members (excludes halogenated alkanes) is 4. The van der Waals surface area contributed by atoms with Crippen molar-refractivity contribution >= 4 is 67.6 Å². The molecule has 0 saturated heterocycles. The summed E-state index contributed by atoms with van der Waals surface area (Å²) < 4.78 is 11.7. The van der Waals surface area contributed by atoms with Crippen LogP contribution in [0.5, 0.6) is 11.5 Å². The number of rotatable bonds is 20. The Labute approximate surface area is 346 Å². The van der Waals surface area contributed by atoms with Crippen molar-refractivity contribution in [3.05, 3.63) is 119 Å². The van der Waals surface area contributed by atoms with Gasteiger partial charge in [-0.3, -0.25) is 0 Å². The second-order valence-corrected chi connectivity index (χ2v) is 23.8. The van der Waals surface area contributed by atoms with Crippen LogP contribution >= 0.6 is 44.0 Å². The molecule has 2 unspecified atom stereocenters. The van der Waals surface area contributed by atoms with Crippen molar-refractivity contribution in [2.45, 2.75) is 115 Å². The zero-order valence-electron chi connectivity index (χ0n) is 30.7. The van der Waals surface area contributed by atoms with Gasteiger partial charge in [0.25, 0.3) is 0 Å². The molecule has 0 aliphatic carbocycles. The van der Waals surface area contributed by atoms with Gasteiger partial charge < -0.3 is 18.8 Å². The summed E-state index contributed by atoms with van der Waals surface area (Å²) in [5.41, 5.74) is -1.96. The fraction of sp³-hybridized carbons (Fsp3) is 0.400. The first-order chi connectivity index (χ1) is 25.1. The molecule has 52 heavy (non-hydrogen) atoms. The molecule has 0 aliphatic rings. The Balaban J connectivity index is 0.000000344. The minimum atomic E-state index is -3.25. The minimum absolute atomic E-state index is 0.660. The van der Waals surface area contributed by atoms with Gasteiger partial charge in [0.15, 0.2) is 0 Å². The predicted octanol–water partition coefficient (Wildman–Crippen LogP) is 12.9. The van der Waals surface area contributed by atoms with Gasteiger partial charge in [-0.1, -0.05) is 173 Å². The fourth-order valence-electron chi connectivity index (χ4n) is 5.19. The first-order valence-electron chi connectivity index (χ1n) is 18.0. The Bertz CT molecular complexity index is 1470. The molecular weight excluding hydrogens is 863 g/mol. The third-order valence-corrected chi connectivity index (χ3v) is 15.2. The molecule has 0 saturated carbocycles. The average molecular weight is 915 g/mol. The quantitative estimate of drug-likeness (QED) is 0.0637. The number of benzene rings is 4. The molecule has 0 heterocycles. The molecule has 4 nitrogen and oxygen atoms in total. The molecule has 0 amide bonds. The summed E-state index contributed by atoms with van der Waals surface area (Å²) in [5.74, 6) is 1.32. The van der Waals surface area contributed by atoms with Crippen LogP contribution in [0.1, 0.15) is 101 Å². The van der Waals surface area contributed by atoms with Crippen LogP contribution in [0.2, 0.25) is 0 Å². The van der Waals surface area contributed by atoms with Gasteiger partial charge in [0, 0.05) is 9.79 Å². The Kier molecular flexibility index (Phi) is 24.6. The average Bonchev–Trinajstić information content (AvgIpc) is 3.14. The van der Waals surface area contributed by atoms with Gasteiger partial charge in [-0.05, 0) is 97.9 Å². The molecule has 0 spiro atoms. The maximum absolute atomic E-state index is 13.0. The van der Waals surface area contributed by atoms with Gasteiger partial charge in [0.05, 0.1) is 0 Å². The normalized spacial score (nSPS) is 12.9. The van der Waals surface area contributed by atoms with Crippen LogP contribution in [0.15, 0.2) is 107 Å². The van der Waals surface area contributed by atoms with Gasteiger partial charge in [-0.2, -0.15) is 0 Å². The van der Waals surface area contributed by atoms with Crippen molar-refractivity contribution < 1.29 is 36.8 Å². The van der Waals surface area contributed by atoms with Gasteiger partial charge in [-0.15, -0.1) is 0 Å². The van der Waals surface area contributed by atoms with E-state index in [9.17, 15) is 9.79 Å². The van der Waals surface area contributed by atoms with Crippen LogP contribution < -0.4 is 18.8 Å². The summed E-state index contributed by atoms with van der Waals surface area (Å²) >= 11 is 14.6. The molecule has 0 N–H and O–H groups in total. The summed E-state index contributed by atoms with van der Waals surface area (Å²) in [6, 6.07) is 31.7. The number of aryl methyl sites for hydroxylation is 4. The molecule has 0 aromatic heterocycles. The van der Waals surface area contributed by atoms with Crippen LogP contribution in [0.3, 0.4) is 0 Å². The second-order valence-electron chi connectivity index (χ2n) is 12.1. The molecule has 0 fully saturated rings. The van der Waals surface area contributed by atoms with Gasteiger partial charge >= 0.3 is 27.8 Å². The van der Waals surface area contributed by atoms with Crippen molar-refractivity contribution in [2.24, 2.45) is 0 Å². The van der Waals surface area contributed by atoms with E-state index in [0.717, 1.165) is 98.0 Å². The maximum atomic E-state index is 13.0. The topological polar surface area (TPSA) is 64.6 Å². The van der Waals surface area contributed by atoms with Crippen LogP contribution in [-0.2, 0) is 67.3 Å². The first-order valence-corrected chi connectivity index (χ1v) is 28.9. The zero-order valence-corrected chi connectivity index (χ0v) is 38.6. The Morgan fingerprint density at radius 3 is 1.08 bits per heavy atom. The van der Waals surface area contributed by atoms with E-state index in [1.54, 1.807) is 0 Å². The summed E-state index contributed by atoms with van der Waals surface area (Å²) in [4.78, 5) is 27.9. The van der Waals surface area contributed by atoms with Crippen molar-refractivity contribution in [1.82, 2.24) is 0 Å². The molecule has 4 rings (SSSR count). The van der Waals surface area contributed by atoms with Gasteiger partial charge in [-0.25, -0.2) is 0 Å². The Morgan fingerprint density at radius 1 is 0.481 bits per heavy atom. The number of hydrogen-bond donors (Lipinski definition) is 0. The molecular formula is C40H52MoO4P2S5. The van der Waals surface area contributed by atoms with E-state index in [4.69, 9.17) is 32.7 Å². The van der Waals surface area contributed by atoms with E-state index in [1.807, 2.05) is 84.9 Å². The van der Waals surface area contributed by atoms with Crippen molar-refractivity contribution in [1.29, 1.82) is 0 Å². The van der Waals surface area contributed by atoms with Crippen molar-refractivity contribution in [2.75, 3.05) is 0 Å². The summed E-state index contributed by atoms with van der Waals surface area (Å²) in [7, 11) is 4.09. The SMILES string of the molecule is CCCCc1ccccc1OP([O-])(=S)Sc1ccccc1CCCC.CCCCc1ccccc1OP([O-])(=S)Sc1ccccc1CCCC.[S]=[Mo+2]. The zero-order chi connectivity index (χ0) is 38.2. The van der Waals surface area contributed by atoms with E-state index in [1.165, 1.54) is 51.9 Å². The first kappa shape index (κ1) is 47.5. The summed E-state index contributed by atoms with van der Waals surface area (Å²) in [5, 5.41) is 0. The Hall–Kier alpha value is -0.692. The van der Waals surface area contributed by atoms with E-state index in [-0.39, 0.29) is 0 Å². The summed E-state index contributed by atoms with van der Waals surface area (Å²) in [6.07, 6.45) is 12.6. The van der Waals surface area contributed by atoms with E-state index in [0.29, 0.717) is 11.5 Å². The monoisotopic (exact) mass is 916 g/mol. The molecule has 12 heteroatoms. The molecule has 0 bridgehead atoms. The molecule has 282 valence electrons. The van der Waals surface area contributed by atoms with Crippen LogP contribution in [0.4, 0.5) is 0 Å². The molecule has 2 atom stereocenters. The van der Waals surface area contributed by atoms with Gasteiger partial charge in [0.1, 0.15) is 22.9 Å². The van der Waals surface area contributed by atoms with Crippen molar-refractivity contribution in [3.63, 3.8) is 0 Å². The molecule has 4 aromatic rings. The third-order valence-electron chi connectivity index (χ3n) is 7.93. The predicted molar refractivity (Wildman–Crippen MR) is 229 cm³/mol.